The Morgan fingerprint density at radius 2 is 0.824 bits per heavy atom. The van der Waals surface area contributed by atoms with E-state index in [9.17, 15) is 4.79 Å². The molecule has 4 rings (SSSR count). The van der Waals surface area contributed by atoms with Gasteiger partial charge in [-0.2, -0.15) is 0 Å². The van der Waals surface area contributed by atoms with Crippen molar-refractivity contribution in [2.24, 2.45) is 0 Å². The van der Waals surface area contributed by atoms with Crippen molar-refractivity contribution >= 4 is 5.78 Å². The van der Waals surface area contributed by atoms with Gasteiger partial charge in [0.05, 0.1) is 39.6 Å². The minimum Gasteiger partial charge on any atom is -0.497 e. The number of hydrogen-bond acceptors (Lipinski definition) is 5. The predicted octanol–water partition coefficient (Wildman–Crippen LogP) is 6.29. The smallest absolute Gasteiger partial charge is 0.200 e. The Balaban J connectivity index is 1.67. The van der Waals surface area contributed by atoms with Crippen LogP contribution in [0.4, 0.5) is 0 Å². The van der Waals surface area contributed by atoms with E-state index in [1.165, 1.54) is 0 Å². The van der Waals surface area contributed by atoms with Gasteiger partial charge in [0.25, 0.3) is 0 Å². The van der Waals surface area contributed by atoms with Crippen LogP contribution in [-0.4, -0.2) is 34.2 Å². The number of methoxy groups -OCH3 is 4. The van der Waals surface area contributed by atoms with Crippen molar-refractivity contribution in [3.63, 3.8) is 0 Å². The molecule has 0 radical (unpaired) electrons. The van der Waals surface area contributed by atoms with Gasteiger partial charge in [0.2, 0.25) is 0 Å². The molecule has 0 amide bonds. The lowest BCUT2D eigenvalue weighted by Crippen LogP contribution is -2.06. The van der Waals surface area contributed by atoms with Crippen molar-refractivity contribution in [2.45, 2.75) is 0 Å². The first-order valence-corrected chi connectivity index (χ1v) is 10.8. The molecule has 0 aliphatic carbocycles. The summed E-state index contributed by atoms with van der Waals surface area (Å²) >= 11 is 0. The fourth-order valence-electron chi connectivity index (χ4n) is 3.83. The number of carbonyl (C=O) groups is 1. The second-order valence-electron chi connectivity index (χ2n) is 7.62. The number of ether oxygens (including phenoxy) is 4. The standard InChI is InChI=1S/C29H26O5/c1-31-23-11-5-19(6-12-23)21-9-15-25(27(17-21)33-3)29(30)26-16-10-22(18-28(26)34-4)20-7-13-24(32-2)14-8-20/h5-18H,1-4H3. The molecule has 0 aromatic heterocycles. The van der Waals surface area contributed by atoms with Gasteiger partial charge in [-0.3, -0.25) is 4.79 Å². The summed E-state index contributed by atoms with van der Waals surface area (Å²) in [5, 5.41) is 0. The molecular weight excluding hydrogens is 428 g/mol. The third kappa shape index (κ3) is 4.59. The highest BCUT2D eigenvalue weighted by molar-refractivity contribution is 6.13. The molecule has 0 saturated heterocycles. The van der Waals surface area contributed by atoms with Crippen LogP contribution in [0.2, 0.25) is 0 Å². The highest BCUT2D eigenvalue weighted by atomic mass is 16.5. The van der Waals surface area contributed by atoms with Crippen LogP contribution in [0.15, 0.2) is 84.9 Å². The van der Waals surface area contributed by atoms with Gasteiger partial charge in [-0.1, -0.05) is 36.4 Å². The van der Waals surface area contributed by atoms with Crippen molar-refractivity contribution in [3.8, 4) is 45.3 Å². The van der Waals surface area contributed by atoms with Crippen LogP contribution in [-0.2, 0) is 0 Å². The Morgan fingerprint density at radius 1 is 0.471 bits per heavy atom. The van der Waals surface area contributed by atoms with Gasteiger partial charge in [0, 0.05) is 0 Å². The fraction of sp³-hybridized carbons (Fsp3) is 0.138. The zero-order valence-corrected chi connectivity index (χ0v) is 19.6. The first-order chi connectivity index (χ1) is 16.6. The Hall–Kier alpha value is -4.25. The molecule has 0 atom stereocenters. The molecule has 172 valence electrons. The average Bonchev–Trinajstić information content (AvgIpc) is 2.92. The summed E-state index contributed by atoms with van der Waals surface area (Å²) in [6.45, 7) is 0. The number of rotatable bonds is 8. The van der Waals surface area contributed by atoms with Gasteiger partial charge in [0.15, 0.2) is 5.78 Å². The number of ketones is 1. The third-order valence-electron chi connectivity index (χ3n) is 5.74. The van der Waals surface area contributed by atoms with E-state index in [-0.39, 0.29) is 5.78 Å². The quantitative estimate of drug-likeness (QED) is 0.293. The van der Waals surface area contributed by atoms with E-state index in [1.54, 1.807) is 40.6 Å². The van der Waals surface area contributed by atoms with Crippen LogP contribution in [0.1, 0.15) is 15.9 Å². The van der Waals surface area contributed by atoms with Gasteiger partial charge in [0.1, 0.15) is 23.0 Å². The summed E-state index contributed by atoms with van der Waals surface area (Å²) < 4.78 is 21.6. The van der Waals surface area contributed by atoms with E-state index in [4.69, 9.17) is 18.9 Å². The maximum Gasteiger partial charge on any atom is 0.200 e. The average molecular weight is 455 g/mol. The monoisotopic (exact) mass is 454 g/mol. The molecule has 4 aromatic carbocycles. The summed E-state index contributed by atoms with van der Waals surface area (Å²) in [7, 11) is 6.40. The lowest BCUT2D eigenvalue weighted by atomic mass is 9.95. The van der Waals surface area contributed by atoms with Gasteiger partial charge in [-0.05, 0) is 70.8 Å². The first-order valence-electron chi connectivity index (χ1n) is 10.8. The van der Waals surface area contributed by atoms with Crippen LogP contribution >= 0.6 is 0 Å². The number of benzene rings is 4. The summed E-state index contributed by atoms with van der Waals surface area (Å²) in [5.74, 6) is 2.40. The molecule has 0 saturated carbocycles. The van der Waals surface area contributed by atoms with E-state index >= 15 is 0 Å². The zero-order chi connectivity index (χ0) is 24.1. The molecule has 0 aliphatic rings. The van der Waals surface area contributed by atoms with E-state index < -0.39 is 0 Å². The highest BCUT2D eigenvalue weighted by Gasteiger charge is 2.20. The topological polar surface area (TPSA) is 54.0 Å². The van der Waals surface area contributed by atoms with Crippen LogP contribution in [0.25, 0.3) is 22.3 Å². The molecule has 0 bridgehead atoms. The molecule has 0 fully saturated rings. The maximum atomic E-state index is 13.5. The lowest BCUT2D eigenvalue weighted by molar-refractivity contribution is 0.103. The van der Waals surface area contributed by atoms with Crippen LogP contribution in [0.5, 0.6) is 23.0 Å². The second-order valence-corrected chi connectivity index (χ2v) is 7.62. The Bertz CT molecular complexity index is 1190. The van der Waals surface area contributed by atoms with Crippen molar-refractivity contribution in [1.82, 2.24) is 0 Å². The minimum absolute atomic E-state index is 0.170. The molecule has 4 aromatic rings. The molecule has 5 heteroatoms. The Kier molecular flexibility index (Phi) is 6.83. The maximum absolute atomic E-state index is 13.5. The number of hydrogen-bond donors (Lipinski definition) is 0. The third-order valence-corrected chi connectivity index (χ3v) is 5.74. The molecule has 0 spiro atoms. The van der Waals surface area contributed by atoms with Crippen LogP contribution in [0.3, 0.4) is 0 Å². The van der Waals surface area contributed by atoms with E-state index in [1.807, 2.05) is 72.8 Å². The highest BCUT2D eigenvalue weighted by Crippen LogP contribution is 2.34. The number of carbonyl (C=O) groups excluding carboxylic acids is 1. The normalized spacial score (nSPS) is 10.5. The molecular formula is C29H26O5. The van der Waals surface area contributed by atoms with Gasteiger partial charge in [-0.15, -0.1) is 0 Å². The summed E-state index contributed by atoms with van der Waals surface area (Å²) in [6, 6.07) is 26.6. The van der Waals surface area contributed by atoms with E-state index in [2.05, 4.69) is 0 Å². The molecule has 0 heterocycles. The molecule has 5 nitrogen and oxygen atoms in total. The van der Waals surface area contributed by atoms with Crippen LogP contribution < -0.4 is 18.9 Å². The lowest BCUT2D eigenvalue weighted by Gasteiger charge is -2.14. The van der Waals surface area contributed by atoms with Crippen molar-refractivity contribution in [3.05, 3.63) is 96.1 Å². The largest absolute Gasteiger partial charge is 0.497 e. The zero-order valence-electron chi connectivity index (χ0n) is 19.6. The van der Waals surface area contributed by atoms with Gasteiger partial charge < -0.3 is 18.9 Å². The molecule has 0 unspecified atom stereocenters. The van der Waals surface area contributed by atoms with E-state index in [0.717, 1.165) is 33.8 Å². The summed E-state index contributed by atoms with van der Waals surface area (Å²) in [4.78, 5) is 13.5. The summed E-state index contributed by atoms with van der Waals surface area (Å²) in [5.41, 5.74) is 4.82. The minimum atomic E-state index is -0.170. The summed E-state index contributed by atoms with van der Waals surface area (Å²) in [6.07, 6.45) is 0. The second kappa shape index (κ2) is 10.1. The predicted molar refractivity (Wildman–Crippen MR) is 133 cm³/mol. The van der Waals surface area contributed by atoms with Gasteiger partial charge >= 0.3 is 0 Å². The Morgan fingerprint density at radius 3 is 1.15 bits per heavy atom. The first kappa shape index (κ1) is 22.9. The SMILES string of the molecule is COc1ccc(-c2ccc(C(=O)c3ccc(-c4ccc(OC)cc4)cc3OC)c(OC)c2)cc1. The molecule has 0 aliphatic heterocycles. The van der Waals surface area contributed by atoms with Crippen LogP contribution in [0, 0.1) is 0 Å². The molecule has 34 heavy (non-hydrogen) atoms. The van der Waals surface area contributed by atoms with Crippen molar-refractivity contribution < 1.29 is 23.7 Å². The Labute approximate surface area is 199 Å². The van der Waals surface area contributed by atoms with E-state index in [0.29, 0.717) is 22.6 Å². The molecule has 0 N–H and O–H groups in total. The van der Waals surface area contributed by atoms with Crippen molar-refractivity contribution in [2.75, 3.05) is 28.4 Å². The fourth-order valence-corrected chi connectivity index (χ4v) is 3.83. The van der Waals surface area contributed by atoms with Gasteiger partial charge in [-0.25, -0.2) is 0 Å². The van der Waals surface area contributed by atoms with Crippen molar-refractivity contribution in [1.29, 1.82) is 0 Å².